The molecule has 1 heterocycles. The van der Waals surface area contributed by atoms with Crippen molar-refractivity contribution in [2.24, 2.45) is 7.05 Å². The van der Waals surface area contributed by atoms with Crippen molar-refractivity contribution in [1.29, 1.82) is 0 Å². The Morgan fingerprint density at radius 1 is 1.15 bits per heavy atom. The van der Waals surface area contributed by atoms with Gasteiger partial charge in [-0.3, -0.25) is 4.68 Å². The van der Waals surface area contributed by atoms with E-state index in [4.69, 9.17) is 27.9 Å². The molecule has 0 fully saturated rings. The van der Waals surface area contributed by atoms with E-state index in [1.54, 1.807) is 18.2 Å². The third-order valence-electron chi connectivity index (χ3n) is 3.09. The molecule has 0 spiro atoms. The number of nitrogens with zero attached hydrogens (tertiary/aromatic N) is 2. The van der Waals surface area contributed by atoms with Crippen LogP contribution in [-0.2, 0) is 13.7 Å². The van der Waals surface area contributed by atoms with Crippen LogP contribution < -0.4 is 4.74 Å². The van der Waals surface area contributed by atoms with Gasteiger partial charge in [0.2, 0.25) is 0 Å². The van der Waals surface area contributed by atoms with Crippen molar-refractivity contribution < 1.29 is 4.74 Å². The highest BCUT2D eigenvalue weighted by molar-refractivity contribution is 6.35. The molecule has 5 heteroatoms. The van der Waals surface area contributed by atoms with Crippen LogP contribution >= 0.6 is 23.2 Å². The number of aryl methyl sites for hydroxylation is 1. The molecule has 102 valence electrons. The molecular formula is C15H12Cl2N2O. The molecule has 0 unspecified atom stereocenters. The van der Waals surface area contributed by atoms with E-state index in [0.29, 0.717) is 22.4 Å². The van der Waals surface area contributed by atoms with Crippen molar-refractivity contribution in [2.75, 3.05) is 0 Å². The number of fused-ring (bicyclic) bond motifs is 1. The summed E-state index contributed by atoms with van der Waals surface area (Å²) in [6.45, 7) is 0.364. The average molecular weight is 307 g/mol. The average Bonchev–Trinajstić information content (AvgIpc) is 2.75. The first-order chi connectivity index (χ1) is 9.65. The Kier molecular flexibility index (Phi) is 3.55. The second-order valence-corrected chi connectivity index (χ2v) is 5.29. The molecule has 2 aromatic carbocycles. The molecule has 3 aromatic rings. The zero-order valence-corrected chi connectivity index (χ0v) is 12.3. The number of benzene rings is 2. The molecule has 0 aliphatic rings. The predicted octanol–water partition coefficient (Wildman–Crippen LogP) is 4.46. The van der Waals surface area contributed by atoms with Gasteiger partial charge in [0.05, 0.1) is 10.5 Å². The van der Waals surface area contributed by atoms with E-state index in [-0.39, 0.29) is 0 Å². The zero-order chi connectivity index (χ0) is 14.1. The maximum atomic E-state index is 6.08. The summed E-state index contributed by atoms with van der Waals surface area (Å²) >= 11 is 11.9. The number of para-hydroxylation sites is 1. The number of ether oxygens (including phenoxy) is 1. The van der Waals surface area contributed by atoms with Gasteiger partial charge in [0.15, 0.2) is 0 Å². The zero-order valence-electron chi connectivity index (χ0n) is 10.8. The van der Waals surface area contributed by atoms with Crippen LogP contribution in [0.15, 0.2) is 42.5 Å². The summed E-state index contributed by atoms with van der Waals surface area (Å²) in [5.41, 5.74) is 1.96. The van der Waals surface area contributed by atoms with Gasteiger partial charge in [-0.2, -0.15) is 5.10 Å². The van der Waals surface area contributed by atoms with E-state index in [1.165, 1.54) is 0 Å². The van der Waals surface area contributed by atoms with E-state index in [2.05, 4.69) is 5.10 Å². The quantitative estimate of drug-likeness (QED) is 0.714. The standard InChI is InChI=1S/C15H12Cl2N2O/c1-19-14-5-3-2-4-11(14)13(18-19)9-20-15-7-6-10(16)8-12(15)17/h2-8H,9H2,1H3. The Morgan fingerprint density at radius 2 is 1.95 bits per heavy atom. The third-order valence-corrected chi connectivity index (χ3v) is 3.62. The van der Waals surface area contributed by atoms with Crippen LogP contribution in [0.2, 0.25) is 10.0 Å². The van der Waals surface area contributed by atoms with Crippen molar-refractivity contribution in [1.82, 2.24) is 9.78 Å². The van der Waals surface area contributed by atoms with Crippen molar-refractivity contribution in [2.45, 2.75) is 6.61 Å². The number of hydrogen-bond donors (Lipinski definition) is 0. The van der Waals surface area contributed by atoms with Crippen molar-refractivity contribution >= 4 is 34.1 Å². The van der Waals surface area contributed by atoms with Gasteiger partial charge in [-0.1, -0.05) is 41.4 Å². The molecule has 0 amide bonds. The van der Waals surface area contributed by atoms with E-state index < -0.39 is 0 Å². The van der Waals surface area contributed by atoms with Crippen LogP contribution in [0.1, 0.15) is 5.69 Å². The molecule has 20 heavy (non-hydrogen) atoms. The second kappa shape index (κ2) is 5.35. The monoisotopic (exact) mass is 306 g/mol. The first-order valence-electron chi connectivity index (χ1n) is 6.13. The highest BCUT2D eigenvalue weighted by atomic mass is 35.5. The summed E-state index contributed by atoms with van der Waals surface area (Å²) in [5.74, 6) is 0.603. The van der Waals surface area contributed by atoms with Crippen molar-refractivity contribution in [3.8, 4) is 5.75 Å². The van der Waals surface area contributed by atoms with Crippen LogP contribution in [0, 0.1) is 0 Å². The number of halogens is 2. The van der Waals surface area contributed by atoms with E-state index in [0.717, 1.165) is 16.6 Å². The van der Waals surface area contributed by atoms with Gasteiger partial charge in [-0.25, -0.2) is 0 Å². The highest BCUT2D eigenvalue weighted by Crippen LogP contribution is 2.28. The summed E-state index contributed by atoms with van der Waals surface area (Å²) in [4.78, 5) is 0. The SMILES string of the molecule is Cn1nc(COc2ccc(Cl)cc2Cl)c2ccccc21. The first-order valence-corrected chi connectivity index (χ1v) is 6.89. The molecule has 0 saturated carbocycles. The second-order valence-electron chi connectivity index (χ2n) is 4.45. The fourth-order valence-electron chi connectivity index (χ4n) is 2.13. The number of aromatic nitrogens is 2. The Hall–Kier alpha value is -1.71. The first kappa shape index (κ1) is 13.3. The maximum absolute atomic E-state index is 6.08. The lowest BCUT2D eigenvalue weighted by Crippen LogP contribution is -1.98. The lowest BCUT2D eigenvalue weighted by molar-refractivity contribution is 0.301. The van der Waals surface area contributed by atoms with E-state index >= 15 is 0 Å². The minimum absolute atomic E-state index is 0.364. The molecule has 0 bridgehead atoms. The maximum Gasteiger partial charge on any atom is 0.138 e. The fourth-order valence-corrected chi connectivity index (χ4v) is 2.60. The van der Waals surface area contributed by atoms with Crippen LogP contribution in [0.5, 0.6) is 5.75 Å². The summed E-state index contributed by atoms with van der Waals surface area (Å²) in [5, 5.41) is 6.64. The minimum atomic E-state index is 0.364. The van der Waals surface area contributed by atoms with E-state index in [1.807, 2.05) is 36.0 Å². The van der Waals surface area contributed by atoms with Gasteiger partial charge in [-0.05, 0) is 24.3 Å². The summed E-state index contributed by atoms with van der Waals surface area (Å²) < 4.78 is 7.58. The van der Waals surface area contributed by atoms with Crippen LogP contribution in [-0.4, -0.2) is 9.78 Å². The van der Waals surface area contributed by atoms with Crippen LogP contribution in [0.4, 0.5) is 0 Å². The van der Waals surface area contributed by atoms with Gasteiger partial charge >= 0.3 is 0 Å². The molecular weight excluding hydrogens is 295 g/mol. The molecule has 3 rings (SSSR count). The molecule has 0 atom stereocenters. The summed E-state index contributed by atoms with van der Waals surface area (Å²) in [6, 6.07) is 13.2. The number of rotatable bonds is 3. The Morgan fingerprint density at radius 3 is 2.75 bits per heavy atom. The lowest BCUT2D eigenvalue weighted by Gasteiger charge is -2.06. The topological polar surface area (TPSA) is 27.1 Å². The smallest absolute Gasteiger partial charge is 0.138 e. The molecule has 0 aliphatic heterocycles. The van der Waals surface area contributed by atoms with Crippen LogP contribution in [0.25, 0.3) is 10.9 Å². The van der Waals surface area contributed by atoms with Crippen LogP contribution in [0.3, 0.4) is 0 Å². The van der Waals surface area contributed by atoms with E-state index in [9.17, 15) is 0 Å². The summed E-state index contributed by atoms with van der Waals surface area (Å²) in [6.07, 6.45) is 0. The van der Waals surface area contributed by atoms with Gasteiger partial charge in [0, 0.05) is 17.5 Å². The summed E-state index contributed by atoms with van der Waals surface area (Å²) in [7, 11) is 1.92. The molecule has 0 radical (unpaired) electrons. The fraction of sp³-hybridized carbons (Fsp3) is 0.133. The molecule has 0 N–H and O–H groups in total. The minimum Gasteiger partial charge on any atom is -0.486 e. The van der Waals surface area contributed by atoms with Gasteiger partial charge < -0.3 is 4.74 Å². The Labute approximate surface area is 126 Å². The largest absolute Gasteiger partial charge is 0.486 e. The molecule has 0 aliphatic carbocycles. The lowest BCUT2D eigenvalue weighted by atomic mass is 10.2. The van der Waals surface area contributed by atoms with Gasteiger partial charge in [0.1, 0.15) is 18.1 Å². The number of hydrogen-bond acceptors (Lipinski definition) is 2. The predicted molar refractivity (Wildman–Crippen MR) is 81.5 cm³/mol. The van der Waals surface area contributed by atoms with Crippen molar-refractivity contribution in [3.63, 3.8) is 0 Å². The Bertz CT molecular complexity index is 768. The third kappa shape index (κ3) is 2.47. The van der Waals surface area contributed by atoms with Gasteiger partial charge in [-0.15, -0.1) is 0 Å². The Balaban J connectivity index is 1.87. The van der Waals surface area contributed by atoms with Gasteiger partial charge in [0.25, 0.3) is 0 Å². The molecule has 3 nitrogen and oxygen atoms in total. The highest BCUT2D eigenvalue weighted by Gasteiger charge is 2.09. The normalized spacial score (nSPS) is 10.9. The molecule has 0 saturated heterocycles. The van der Waals surface area contributed by atoms with Crippen molar-refractivity contribution in [3.05, 3.63) is 58.2 Å². The molecule has 1 aromatic heterocycles.